The van der Waals surface area contributed by atoms with Gasteiger partial charge in [0.25, 0.3) is 0 Å². The van der Waals surface area contributed by atoms with Crippen LogP contribution in [0, 0.1) is 0 Å². The smallest absolute Gasteiger partial charge is 0.331 e. The number of esters is 1. The van der Waals surface area contributed by atoms with Gasteiger partial charge in [0, 0.05) is 0 Å². The molecule has 0 aromatic rings. The molecule has 0 radical (unpaired) electrons. The maximum Gasteiger partial charge on any atom is 0.331 e. The lowest BCUT2D eigenvalue weighted by atomic mass is 10.4. The highest BCUT2D eigenvalue weighted by Crippen LogP contribution is 2.02. The lowest BCUT2D eigenvalue weighted by molar-refractivity contribution is -0.146. The van der Waals surface area contributed by atoms with Crippen LogP contribution in [-0.4, -0.2) is 45.8 Å². The molecular weight excluding hydrogens is 164 g/mol. The molecule has 0 spiro atoms. The number of carbonyl (C=O) groups is 1. The van der Waals surface area contributed by atoms with Crippen LogP contribution in [0.25, 0.3) is 0 Å². The van der Waals surface area contributed by atoms with Crippen LogP contribution in [0.15, 0.2) is 0 Å². The average Bonchev–Trinajstić information content (AvgIpc) is 2.57. The third kappa shape index (κ3) is 3.17. The maximum atomic E-state index is 10.6. The number of carbonyl (C=O) groups excluding carboxylic acids is 1. The van der Waals surface area contributed by atoms with Gasteiger partial charge in [0.2, 0.25) is 0 Å². The van der Waals surface area contributed by atoms with E-state index < -0.39 is 0 Å². The fourth-order valence-electron chi connectivity index (χ4n) is 0.801. The third-order valence-electron chi connectivity index (χ3n) is 1.44. The maximum absolute atomic E-state index is 10.6. The van der Waals surface area contributed by atoms with E-state index in [0.717, 1.165) is 0 Å². The molecule has 1 heterocycles. The Balaban J connectivity index is 1.97. The summed E-state index contributed by atoms with van der Waals surface area (Å²) in [5.74, 6) is -0.381. The molecule has 0 saturated carbocycles. The molecule has 1 aliphatic rings. The lowest BCUT2D eigenvalue weighted by Gasteiger charge is -2.06. The van der Waals surface area contributed by atoms with Crippen LogP contribution < -0.4 is 0 Å². The second-order valence-electron chi connectivity index (χ2n) is 2.37. The van der Waals surface area contributed by atoms with Gasteiger partial charge in [-0.25, -0.2) is 4.79 Å². The first-order valence-electron chi connectivity index (χ1n) is 3.67. The summed E-state index contributed by atoms with van der Waals surface area (Å²) in [6.07, 6.45) is -0.0466. The van der Waals surface area contributed by atoms with Crippen LogP contribution in [0.4, 0.5) is 0 Å². The summed E-state index contributed by atoms with van der Waals surface area (Å²) in [5.41, 5.74) is 0. The van der Waals surface area contributed by atoms with E-state index in [1.54, 1.807) is 0 Å². The van der Waals surface area contributed by atoms with Crippen LogP contribution in [0.3, 0.4) is 0 Å². The summed E-state index contributed by atoms with van der Waals surface area (Å²) in [4.78, 5) is 10.6. The Morgan fingerprint density at radius 3 is 3.08 bits per heavy atom. The third-order valence-corrected chi connectivity index (χ3v) is 1.44. The Hall–Kier alpha value is -0.650. The van der Waals surface area contributed by atoms with Gasteiger partial charge in [-0.05, 0) is 0 Å². The Kier molecular flexibility index (Phi) is 3.99. The number of ether oxygens (including phenoxy) is 4. The number of hydrogen-bond acceptors (Lipinski definition) is 5. The SMILES string of the molecule is COC(=O)COCC1COCO1. The van der Waals surface area contributed by atoms with E-state index in [1.165, 1.54) is 7.11 Å². The average molecular weight is 176 g/mol. The van der Waals surface area contributed by atoms with Crippen molar-refractivity contribution in [3.63, 3.8) is 0 Å². The zero-order valence-corrected chi connectivity index (χ0v) is 6.95. The molecule has 0 aromatic carbocycles. The Morgan fingerprint density at radius 1 is 1.67 bits per heavy atom. The van der Waals surface area contributed by atoms with Crippen molar-refractivity contribution in [1.82, 2.24) is 0 Å². The Morgan fingerprint density at radius 2 is 2.50 bits per heavy atom. The quantitative estimate of drug-likeness (QED) is 0.543. The standard InChI is InChI=1S/C7H12O5/c1-9-7(8)4-10-2-6-3-11-5-12-6/h6H,2-5H2,1H3. The van der Waals surface area contributed by atoms with Crippen LogP contribution in [0.2, 0.25) is 0 Å². The van der Waals surface area contributed by atoms with Gasteiger partial charge in [0.1, 0.15) is 19.5 Å². The van der Waals surface area contributed by atoms with Gasteiger partial charge in [-0.2, -0.15) is 0 Å². The van der Waals surface area contributed by atoms with E-state index >= 15 is 0 Å². The van der Waals surface area contributed by atoms with Gasteiger partial charge in [0.05, 0.1) is 20.3 Å². The molecule has 1 aliphatic heterocycles. The molecule has 1 unspecified atom stereocenters. The predicted octanol–water partition coefficient (Wildman–Crippen LogP) is -0.451. The highest BCUT2D eigenvalue weighted by atomic mass is 16.7. The molecule has 0 bridgehead atoms. The zero-order chi connectivity index (χ0) is 8.81. The summed E-state index contributed by atoms with van der Waals surface area (Å²) >= 11 is 0. The molecule has 0 N–H and O–H groups in total. The van der Waals surface area contributed by atoms with Gasteiger partial charge in [-0.3, -0.25) is 0 Å². The molecule has 1 atom stereocenters. The van der Waals surface area contributed by atoms with E-state index in [4.69, 9.17) is 14.2 Å². The van der Waals surface area contributed by atoms with Crippen molar-refractivity contribution in [2.24, 2.45) is 0 Å². The fourth-order valence-corrected chi connectivity index (χ4v) is 0.801. The molecular formula is C7H12O5. The number of rotatable bonds is 4. The van der Waals surface area contributed by atoms with E-state index in [2.05, 4.69) is 4.74 Å². The minimum atomic E-state index is -0.381. The molecule has 1 fully saturated rings. The molecule has 0 aromatic heterocycles. The zero-order valence-electron chi connectivity index (χ0n) is 6.95. The molecule has 70 valence electrons. The van der Waals surface area contributed by atoms with Gasteiger partial charge >= 0.3 is 5.97 Å². The summed E-state index contributed by atoms with van der Waals surface area (Å²) in [7, 11) is 1.32. The second kappa shape index (κ2) is 5.08. The molecule has 12 heavy (non-hydrogen) atoms. The van der Waals surface area contributed by atoms with Crippen molar-refractivity contribution in [1.29, 1.82) is 0 Å². The van der Waals surface area contributed by atoms with Crippen molar-refractivity contribution < 1.29 is 23.7 Å². The van der Waals surface area contributed by atoms with Crippen LogP contribution >= 0.6 is 0 Å². The second-order valence-corrected chi connectivity index (χ2v) is 2.37. The summed E-state index contributed by atoms with van der Waals surface area (Å²) < 4.78 is 19.4. The highest BCUT2D eigenvalue weighted by molar-refractivity contribution is 5.70. The molecule has 1 rings (SSSR count). The molecule has 5 nitrogen and oxygen atoms in total. The normalized spacial score (nSPS) is 22.6. The summed E-state index contributed by atoms with van der Waals surface area (Å²) in [6.45, 7) is 1.18. The van der Waals surface area contributed by atoms with Crippen molar-refractivity contribution in [3.8, 4) is 0 Å². The van der Waals surface area contributed by atoms with E-state index in [9.17, 15) is 4.79 Å². The molecule has 5 heteroatoms. The minimum absolute atomic E-state index is 0.0314. The number of methoxy groups -OCH3 is 1. The van der Waals surface area contributed by atoms with Crippen molar-refractivity contribution in [2.45, 2.75) is 6.10 Å². The van der Waals surface area contributed by atoms with Gasteiger partial charge < -0.3 is 18.9 Å². The number of hydrogen-bond donors (Lipinski definition) is 0. The lowest BCUT2D eigenvalue weighted by Crippen LogP contribution is -2.21. The summed E-state index contributed by atoms with van der Waals surface area (Å²) in [5, 5.41) is 0. The first-order chi connectivity index (χ1) is 5.83. The highest BCUT2D eigenvalue weighted by Gasteiger charge is 2.16. The summed E-state index contributed by atoms with van der Waals surface area (Å²) in [6, 6.07) is 0. The van der Waals surface area contributed by atoms with Gasteiger partial charge in [0.15, 0.2) is 0 Å². The minimum Gasteiger partial charge on any atom is -0.467 e. The van der Waals surface area contributed by atoms with E-state index in [-0.39, 0.29) is 18.7 Å². The molecule has 0 aliphatic carbocycles. The van der Waals surface area contributed by atoms with Crippen LogP contribution in [0.1, 0.15) is 0 Å². The first kappa shape index (κ1) is 9.44. The van der Waals surface area contributed by atoms with Gasteiger partial charge in [-0.1, -0.05) is 0 Å². The largest absolute Gasteiger partial charge is 0.467 e. The van der Waals surface area contributed by atoms with Crippen LogP contribution in [0.5, 0.6) is 0 Å². The Labute approximate surface area is 70.5 Å². The predicted molar refractivity (Wildman–Crippen MR) is 38.5 cm³/mol. The van der Waals surface area contributed by atoms with Crippen molar-refractivity contribution in [2.75, 3.05) is 33.7 Å². The van der Waals surface area contributed by atoms with Crippen molar-refractivity contribution in [3.05, 3.63) is 0 Å². The topological polar surface area (TPSA) is 54.0 Å². The van der Waals surface area contributed by atoms with Crippen molar-refractivity contribution >= 4 is 5.97 Å². The molecule has 1 saturated heterocycles. The first-order valence-corrected chi connectivity index (χ1v) is 3.67. The molecule has 0 amide bonds. The Bertz CT molecular complexity index is 141. The van der Waals surface area contributed by atoms with Crippen LogP contribution in [-0.2, 0) is 23.7 Å². The van der Waals surface area contributed by atoms with Gasteiger partial charge in [-0.15, -0.1) is 0 Å². The van der Waals surface area contributed by atoms with E-state index in [0.29, 0.717) is 20.0 Å². The fraction of sp³-hybridized carbons (Fsp3) is 0.857. The monoisotopic (exact) mass is 176 g/mol. The van der Waals surface area contributed by atoms with E-state index in [1.807, 2.05) is 0 Å².